The van der Waals surface area contributed by atoms with Gasteiger partial charge in [-0.25, -0.2) is 4.68 Å². The molecule has 0 aliphatic carbocycles. The molecule has 0 fully saturated rings. The summed E-state index contributed by atoms with van der Waals surface area (Å²) in [5.41, 5.74) is 2.20. The summed E-state index contributed by atoms with van der Waals surface area (Å²) in [6.07, 6.45) is 2.17. The van der Waals surface area contributed by atoms with Gasteiger partial charge in [-0.1, -0.05) is 22.8 Å². The molecule has 9 heteroatoms. The molecule has 146 valence electrons. The van der Waals surface area contributed by atoms with Crippen LogP contribution in [0.5, 0.6) is 0 Å². The van der Waals surface area contributed by atoms with E-state index in [1.165, 1.54) is 0 Å². The molecule has 0 bridgehead atoms. The average molecular weight is 409 g/mol. The minimum Gasteiger partial charge on any atom is -0.339 e. The van der Waals surface area contributed by atoms with Crippen LogP contribution in [0.15, 0.2) is 59.3 Å². The van der Waals surface area contributed by atoms with Crippen LogP contribution in [-0.4, -0.2) is 30.8 Å². The maximum absolute atomic E-state index is 12.4. The highest BCUT2D eigenvalue weighted by atomic mass is 35.5. The third-order valence-corrected chi connectivity index (χ3v) is 4.35. The van der Waals surface area contributed by atoms with Gasteiger partial charge in [-0.3, -0.25) is 9.78 Å². The van der Waals surface area contributed by atoms with Crippen LogP contribution in [0.1, 0.15) is 18.0 Å². The minimum absolute atomic E-state index is 0.183. The van der Waals surface area contributed by atoms with Gasteiger partial charge < -0.3 is 9.84 Å². The molecule has 29 heavy (non-hydrogen) atoms. The molecule has 0 saturated carbocycles. The van der Waals surface area contributed by atoms with Crippen molar-refractivity contribution in [3.8, 4) is 17.2 Å². The van der Waals surface area contributed by atoms with E-state index in [4.69, 9.17) is 16.1 Å². The highest BCUT2D eigenvalue weighted by molar-refractivity contribution is 6.30. The van der Waals surface area contributed by atoms with Crippen LogP contribution in [-0.2, 0) is 11.2 Å². The second kappa shape index (κ2) is 8.24. The number of halogens is 1. The number of benzene rings is 1. The molecule has 0 aliphatic heterocycles. The topological polar surface area (TPSA) is 98.7 Å². The van der Waals surface area contributed by atoms with Gasteiger partial charge in [0.25, 0.3) is 0 Å². The standard InChI is InChI=1S/C20H17ClN6O2/c1-13-12-17(27(25-13)15-7-5-14(21)6-8-15)23-18(28)9-10-19-24-20(26-29-19)16-4-2-3-11-22-16/h2-8,11-12H,9-10H2,1H3,(H,23,28). The number of aromatic nitrogens is 5. The zero-order valence-electron chi connectivity index (χ0n) is 15.5. The highest BCUT2D eigenvalue weighted by Crippen LogP contribution is 2.20. The van der Waals surface area contributed by atoms with Gasteiger partial charge in [0.05, 0.1) is 11.4 Å². The SMILES string of the molecule is Cc1cc(NC(=O)CCc2nc(-c3ccccn3)no2)n(-c2ccc(Cl)cc2)n1. The zero-order chi connectivity index (χ0) is 20.2. The molecule has 0 radical (unpaired) electrons. The van der Waals surface area contributed by atoms with E-state index in [0.717, 1.165) is 11.4 Å². The van der Waals surface area contributed by atoms with Crippen LogP contribution in [0.25, 0.3) is 17.2 Å². The summed E-state index contributed by atoms with van der Waals surface area (Å²) in [7, 11) is 0. The number of carbonyl (C=O) groups is 1. The predicted octanol–water partition coefficient (Wildman–Crippen LogP) is 3.85. The van der Waals surface area contributed by atoms with E-state index in [-0.39, 0.29) is 12.3 Å². The third kappa shape index (κ3) is 4.49. The van der Waals surface area contributed by atoms with Gasteiger partial charge in [0.15, 0.2) is 0 Å². The Morgan fingerprint density at radius 2 is 2.03 bits per heavy atom. The lowest BCUT2D eigenvalue weighted by atomic mass is 10.3. The smallest absolute Gasteiger partial charge is 0.227 e. The first-order valence-corrected chi connectivity index (χ1v) is 9.33. The fraction of sp³-hybridized carbons (Fsp3) is 0.150. The number of anilines is 1. The zero-order valence-corrected chi connectivity index (χ0v) is 16.3. The quantitative estimate of drug-likeness (QED) is 0.520. The number of pyridine rings is 1. The number of amides is 1. The number of nitrogens with one attached hydrogen (secondary N) is 1. The molecule has 0 atom stereocenters. The molecule has 3 aromatic heterocycles. The normalized spacial score (nSPS) is 10.8. The molecule has 4 aromatic rings. The van der Waals surface area contributed by atoms with Gasteiger partial charge in [-0.05, 0) is 43.3 Å². The van der Waals surface area contributed by atoms with E-state index in [2.05, 4.69) is 25.5 Å². The monoisotopic (exact) mass is 408 g/mol. The summed E-state index contributed by atoms with van der Waals surface area (Å²) >= 11 is 5.95. The Morgan fingerprint density at radius 3 is 2.79 bits per heavy atom. The fourth-order valence-corrected chi connectivity index (χ4v) is 2.87. The maximum Gasteiger partial charge on any atom is 0.227 e. The molecule has 0 aliphatic rings. The lowest BCUT2D eigenvalue weighted by Gasteiger charge is -2.08. The molecule has 1 aromatic carbocycles. The van der Waals surface area contributed by atoms with Crippen LogP contribution < -0.4 is 5.32 Å². The van der Waals surface area contributed by atoms with Gasteiger partial charge in [-0.15, -0.1) is 0 Å². The molecular weight excluding hydrogens is 392 g/mol. The van der Waals surface area contributed by atoms with E-state index in [9.17, 15) is 4.79 Å². The predicted molar refractivity (Wildman–Crippen MR) is 108 cm³/mol. The number of aryl methyl sites for hydroxylation is 2. The van der Waals surface area contributed by atoms with Crippen LogP contribution in [0.2, 0.25) is 5.02 Å². The van der Waals surface area contributed by atoms with Crippen LogP contribution in [0, 0.1) is 6.92 Å². The van der Waals surface area contributed by atoms with E-state index in [1.807, 2.05) is 31.2 Å². The summed E-state index contributed by atoms with van der Waals surface area (Å²) in [5, 5.41) is 11.8. The molecule has 8 nitrogen and oxygen atoms in total. The first-order valence-electron chi connectivity index (χ1n) is 8.95. The minimum atomic E-state index is -0.183. The van der Waals surface area contributed by atoms with Crippen molar-refractivity contribution in [2.45, 2.75) is 19.8 Å². The highest BCUT2D eigenvalue weighted by Gasteiger charge is 2.14. The van der Waals surface area contributed by atoms with E-state index < -0.39 is 0 Å². The first kappa shape index (κ1) is 18.8. The summed E-state index contributed by atoms with van der Waals surface area (Å²) < 4.78 is 6.88. The van der Waals surface area contributed by atoms with Crippen molar-refractivity contribution in [2.24, 2.45) is 0 Å². The number of nitrogens with zero attached hydrogens (tertiary/aromatic N) is 5. The van der Waals surface area contributed by atoms with Crippen molar-refractivity contribution in [1.29, 1.82) is 0 Å². The van der Waals surface area contributed by atoms with Crippen LogP contribution >= 0.6 is 11.6 Å². The largest absolute Gasteiger partial charge is 0.339 e. The molecular formula is C20H17ClN6O2. The molecule has 1 N–H and O–H groups in total. The fourth-order valence-electron chi connectivity index (χ4n) is 2.75. The Kier molecular flexibility index (Phi) is 5.35. The van der Waals surface area contributed by atoms with Gasteiger partial charge >= 0.3 is 0 Å². The second-order valence-corrected chi connectivity index (χ2v) is 6.77. The number of hydrogen-bond acceptors (Lipinski definition) is 6. The number of carbonyl (C=O) groups excluding carboxylic acids is 1. The van der Waals surface area contributed by atoms with Crippen molar-refractivity contribution >= 4 is 23.3 Å². The molecule has 1 amide bonds. The molecule has 0 unspecified atom stereocenters. The maximum atomic E-state index is 12.4. The average Bonchev–Trinajstić information content (AvgIpc) is 3.34. The van der Waals surface area contributed by atoms with Crippen molar-refractivity contribution in [2.75, 3.05) is 5.32 Å². The van der Waals surface area contributed by atoms with Gasteiger partial charge in [0, 0.05) is 30.1 Å². The Labute approximate surface area is 171 Å². The number of rotatable bonds is 6. The Morgan fingerprint density at radius 1 is 1.21 bits per heavy atom. The summed E-state index contributed by atoms with van der Waals surface area (Å²) in [6.45, 7) is 1.86. The van der Waals surface area contributed by atoms with Crippen molar-refractivity contribution in [3.05, 3.63) is 71.3 Å². The van der Waals surface area contributed by atoms with Crippen molar-refractivity contribution in [1.82, 2.24) is 24.9 Å². The van der Waals surface area contributed by atoms with E-state index >= 15 is 0 Å². The lowest BCUT2D eigenvalue weighted by Crippen LogP contribution is -2.15. The van der Waals surface area contributed by atoms with E-state index in [0.29, 0.717) is 34.7 Å². The summed E-state index contributed by atoms with van der Waals surface area (Å²) in [5.74, 6) is 1.17. The summed E-state index contributed by atoms with van der Waals surface area (Å²) in [6, 6.07) is 14.5. The number of hydrogen-bond donors (Lipinski definition) is 1. The Hall–Kier alpha value is -3.52. The van der Waals surface area contributed by atoms with Crippen molar-refractivity contribution in [3.63, 3.8) is 0 Å². The molecule has 4 rings (SSSR count). The summed E-state index contributed by atoms with van der Waals surface area (Å²) in [4.78, 5) is 20.9. The molecule has 0 spiro atoms. The van der Waals surface area contributed by atoms with Crippen LogP contribution in [0.3, 0.4) is 0 Å². The molecule has 0 saturated heterocycles. The van der Waals surface area contributed by atoms with E-state index in [1.54, 1.807) is 35.1 Å². The Bertz CT molecular complexity index is 1120. The third-order valence-electron chi connectivity index (χ3n) is 4.10. The van der Waals surface area contributed by atoms with Gasteiger partial charge in [0.2, 0.25) is 17.6 Å². The van der Waals surface area contributed by atoms with Crippen molar-refractivity contribution < 1.29 is 9.32 Å². The van der Waals surface area contributed by atoms with Gasteiger partial charge in [-0.2, -0.15) is 10.1 Å². The van der Waals surface area contributed by atoms with Crippen LogP contribution in [0.4, 0.5) is 5.82 Å². The van der Waals surface area contributed by atoms with Gasteiger partial charge in [0.1, 0.15) is 11.5 Å². The molecule has 3 heterocycles. The lowest BCUT2D eigenvalue weighted by molar-refractivity contribution is -0.116. The first-order chi connectivity index (χ1) is 14.1. The second-order valence-electron chi connectivity index (χ2n) is 6.33. The Balaban J connectivity index is 1.41.